The van der Waals surface area contributed by atoms with Crippen molar-refractivity contribution in [1.82, 2.24) is 15.1 Å². The van der Waals surface area contributed by atoms with Crippen molar-refractivity contribution in [2.24, 2.45) is 0 Å². The van der Waals surface area contributed by atoms with Gasteiger partial charge in [0, 0.05) is 32.8 Å². The van der Waals surface area contributed by atoms with E-state index in [0.717, 1.165) is 38.6 Å². The van der Waals surface area contributed by atoms with E-state index in [4.69, 9.17) is 4.74 Å². The number of carbonyl (C=O) groups is 2. The Kier molecular flexibility index (Phi) is 6.47. The summed E-state index contributed by atoms with van der Waals surface area (Å²) in [6, 6.07) is -0.0147. The zero-order valence-electron chi connectivity index (χ0n) is 13.0. The quantitative estimate of drug-likeness (QED) is 0.795. The van der Waals surface area contributed by atoms with Crippen LogP contribution in [0.15, 0.2) is 0 Å². The average molecular weight is 332 g/mol. The van der Waals surface area contributed by atoms with E-state index in [9.17, 15) is 9.59 Å². The van der Waals surface area contributed by atoms with E-state index in [2.05, 4.69) is 5.32 Å². The third-order valence-electron chi connectivity index (χ3n) is 4.72. The highest BCUT2D eigenvalue weighted by Gasteiger charge is 2.33. The van der Waals surface area contributed by atoms with Crippen LogP contribution in [0, 0.1) is 0 Å². The highest BCUT2D eigenvalue weighted by molar-refractivity contribution is 5.85. The van der Waals surface area contributed by atoms with Gasteiger partial charge in [-0.15, -0.1) is 12.4 Å². The van der Waals surface area contributed by atoms with Gasteiger partial charge in [-0.2, -0.15) is 0 Å². The van der Waals surface area contributed by atoms with Gasteiger partial charge in [-0.3, -0.25) is 9.59 Å². The summed E-state index contributed by atoms with van der Waals surface area (Å²) in [4.78, 5) is 28.4. The van der Waals surface area contributed by atoms with Crippen molar-refractivity contribution in [2.75, 3.05) is 39.3 Å². The predicted molar refractivity (Wildman–Crippen MR) is 85.0 cm³/mol. The Bertz CT molecular complexity index is 387. The van der Waals surface area contributed by atoms with Gasteiger partial charge in [0.05, 0.1) is 6.04 Å². The van der Waals surface area contributed by atoms with Gasteiger partial charge in [-0.1, -0.05) is 6.42 Å². The molecular formula is C15H26ClN3O3. The first kappa shape index (κ1) is 17.5. The normalized spacial score (nSPS) is 29.1. The highest BCUT2D eigenvalue weighted by atomic mass is 35.5. The molecule has 6 nitrogen and oxygen atoms in total. The molecule has 1 unspecified atom stereocenters. The molecule has 0 bridgehead atoms. The smallest absolute Gasteiger partial charge is 0.251 e. The van der Waals surface area contributed by atoms with Crippen molar-refractivity contribution >= 4 is 24.2 Å². The van der Waals surface area contributed by atoms with Crippen LogP contribution in [0.4, 0.5) is 0 Å². The van der Waals surface area contributed by atoms with Gasteiger partial charge in [-0.25, -0.2) is 0 Å². The topological polar surface area (TPSA) is 61.9 Å². The molecule has 0 aromatic heterocycles. The number of nitrogens with zero attached hydrogens (tertiary/aromatic N) is 2. The van der Waals surface area contributed by atoms with Crippen molar-refractivity contribution in [3.63, 3.8) is 0 Å². The number of rotatable bonds is 2. The van der Waals surface area contributed by atoms with Crippen LogP contribution in [0.2, 0.25) is 0 Å². The average Bonchev–Trinajstić information content (AvgIpc) is 3.09. The number of carbonyl (C=O) groups excluding carboxylic acids is 2. The van der Waals surface area contributed by atoms with Crippen LogP contribution in [0.5, 0.6) is 0 Å². The Morgan fingerprint density at radius 1 is 0.909 bits per heavy atom. The molecular weight excluding hydrogens is 306 g/mol. The molecule has 2 atom stereocenters. The number of amides is 2. The molecule has 0 spiro atoms. The number of piperazine rings is 1. The number of hydrogen-bond acceptors (Lipinski definition) is 4. The molecule has 0 aromatic carbocycles. The monoisotopic (exact) mass is 331 g/mol. The van der Waals surface area contributed by atoms with Crippen LogP contribution >= 0.6 is 12.4 Å². The fraction of sp³-hybridized carbons (Fsp3) is 0.867. The lowest BCUT2D eigenvalue weighted by atomic mass is 10.0. The fourth-order valence-corrected chi connectivity index (χ4v) is 3.41. The number of piperidine rings is 1. The Hall–Kier alpha value is -0.850. The van der Waals surface area contributed by atoms with E-state index in [1.165, 1.54) is 0 Å². The second-order valence-electron chi connectivity index (χ2n) is 6.15. The molecule has 22 heavy (non-hydrogen) atoms. The van der Waals surface area contributed by atoms with Gasteiger partial charge < -0.3 is 19.9 Å². The molecule has 3 aliphatic heterocycles. The number of halogens is 1. The third kappa shape index (κ3) is 3.91. The fourth-order valence-electron chi connectivity index (χ4n) is 3.41. The lowest BCUT2D eigenvalue weighted by Crippen LogP contribution is -2.57. The van der Waals surface area contributed by atoms with Gasteiger partial charge in [0.2, 0.25) is 5.91 Å². The molecule has 0 saturated carbocycles. The van der Waals surface area contributed by atoms with E-state index in [1.807, 2.05) is 9.80 Å². The van der Waals surface area contributed by atoms with Crippen LogP contribution in [0.1, 0.15) is 32.1 Å². The summed E-state index contributed by atoms with van der Waals surface area (Å²) in [5.74, 6) is 0.314. The van der Waals surface area contributed by atoms with Crippen molar-refractivity contribution in [3.05, 3.63) is 0 Å². The van der Waals surface area contributed by atoms with Crippen LogP contribution in [-0.4, -0.2) is 73.1 Å². The summed E-state index contributed by atoms with van der Waals surface area (Å²) in [7, 11) is 0. The first-order chi connectivity index (χ1) is 10.3. The van der Waals surface area contributed by atoms with Crippen molar-refractivity contribution in [2.45, 2.75) is 44.2 Å². The maximum atomic E-state index is 12.4. The lowest BCUT2D eigenvalue weighted by Gasteiger charge is -2.38. The molecule has 7 heteroatoms. The SMILES string of the molecule is Cl.O=C(C1CCCO1)N1CCN(C(=O)[C@@H]2CCCCN2)CC1. The Balaban J connectivity index is 0.00000176. The molecule has 0 aliphatic carbocycles. The van der Waals surface area contributed by atoms with E-state index in [1.54, 1.807) is 0 Å². The molecule has 2 amide bonds. The van der Waals surface area contributed by atoms with E-state index in [0.29, 0.717) is 32.8 Å². The first-order valence-electron chi connectivity index (χ1n) is 8.18. The highest BCUT2D eigenvalue weighted by Crippen LogP contribution is 2.17. The second-order valence-corrected chi connectivity index (χ2v) is 6.15. The largest absolute Gasteiger partial charge is 0.368 e. The van der Waals surface area contributed by atoms with Gasteiger partial charge >= 0.3 is 0 Å². The maximum absolute atomic E-state index is 12.4. The van der Waals surface area contributed by atoms with Crippen LogP contribution in [0.3, 0.4) is 0 Å². The zero-order valence-corrected chi connectivity index (χ0v) is 13.8. The zero-order chi connectivity index (χ0) is 14.7. The molecule has 0 aromatic rings. The summed E-state index contributed by atoms with van der Waals surface area (Å²) in [5.41, 5.74) is 0. The van der Waals surface area contributed by atoms with E-state index >= 15 is 0 Å². The summed E-state index contributed by atoms with van der Waals surface area (Å²) in [6.07, 6.45) is 4.79. The van der Waals surface area contributed by atoms with Crippen LogP contribution < -0.4 is 5.32 Å². The first-order valence-corrected chi connectivity index (χ1v) is 8.18. The standard InChI is InChI=1S/C15H25N3O3.ClH/c19-14(12-4-1-2-6-16-12)17-7-9-18(10-8-17)15(20)13-5-3-11-21-13;/h12-13,16H,1-11H2;1H/t12-,13?;/m0./s1. The van der Waals surface area contributed by atoms with Crippen molar-refractivity contribution < 1.29 is 14.3 Å². The molecule has 3 aliphatic rings. The summed E-state index contributed by atoms with van der Waals surface area (Å²) in [6.45, 7) is 4.20. The van der Waals surface area contributed by atoms with Gasteiger partial charge in [0.15, 0.2) is 0 Å². The molecule has 0 radical (unpaired) electrons. The summed E-state index contributed by atoms with van der Waals surface area (Å²) < 4.78 is 5.46. The Morgan fingerprint density at radius 3 is 2.14 bits per heavy atom. The van der Waals surface area contributed by atoms with Crippen molar-refractivity contribution in [1.29, 1.82) is 0 Å². The molecule has 3 fully saturated rings. The minimum Gasteiger partial charge on any atom is -0.368 e. The number of nitrogens with one attached hydrogen (secondary N) is 1. The minimum atomic E-state index is -0.243. The number of ether oxygens (including phenoxy) is 1. The van der Waals surface area contributed by atoms with Gasteiger partial charge in [0.1, 0.15) is 6.10 Å². The summed E-state index contributed by atoms with van der Waals surface area (Å²) >= 11 is 0. The second kappa shape index (κ2) is 8.13. The Morgan fingerprint density at radius 2 is 1.59 bits per heavy atom. The Labute approximate surface area is 137 Å². The summed E-state index contributed by atoms with van der Waals surface area (Å²) in [5, 5.41) is 3.30. The molecule has 126 valence electrons. The van der Waals surface area contributed by atoms with Crippen molar-refractivity contribution in [3.8, 4) is 0 Å². The minimum absolute atomic E-state index is 0. The number of hydrogen-bond donors (Lipinski definition) is 1. The van der Waals surface area contributed by atoms with E-state index in [-0.39, 0.29) is 36.4 Å². The van der Waals surface area contributed by atoms with Crippen LogP contribution in [0.25, 0.3) is 0 Å². The molecule has 1 N–H and O–H groups in total. The van der Waals surface area contributed by atoms with Crippen LogP contribution in [-0.2, 0) is 14.3 Å². The van der Waals surface area contributed by atoms with E-state index < -0.39 is 0 Å². The molecule has 3 rings (SSSR count). The molecule has 3 saturated heterocycles. The van der Waals surface area contributed by atoms with Gasteiger partial charge in [0.25, 0.3) is 5.91 Å². The molecule has 3 heterocycles. The lowest BCUT2D eigenvalue weighted by molar-refractivity contribution is -0.146. The maximum Gasteiger partial charge on any atom is 0.251 e. The van der Waals surface area contributed by atoms with Gasteiger partial charge in [-0.05, 0) is 32.2 Å². The predicted octanol–water partition coefficient (Wildman–Crippen LogP) is 0.400. The third-order valence-corrected chi connectivity index (χ3v) is 4.72.